The number of benzene rings is 1. The van der Waals surface area contributed by atoms with Crippen LogP contribution in [-0.4, -0.2) is 26.9 Å². The Labute approximate surface area is 135 Å². The van der Waals surface area contributed by atoms with Gasteiger partial charge in [0.2, 0.25) is 5.91 Å². The second-order valence-corrected chi connectivity index (χ2v) is 5.94. The van der Waals surface area contributed by atoms with Crippen LogP contribution in [0.2, 0.25) is 0 Å². The molecule has 1 fully saturated rings. The van der Waals surface area contributed by atoms with Crippen molar-refractivity contribution in [2.24, 2.45) is 0 Å². The van der Waals surface area contributed by atoms with Crippen molar-refractivity contribution in [1.82, 2.24) is 14.5 Å². The Morgan fingerprint density at radius 3 is 2.87 bits per heavy atom. The number of likely N-dealkylation sites (tertiary alicyclic amines) is 1. The van der Waals surface area contributed by atoms with E-state index >= 15 is 0 Å². The first-order valence-corrected chi connectivity index (χ1v) is 8.24. The minimum atomic E-state index is -0.239. The van der Waals surface area contributed by atoms with Crippen LogP contribution in [0.15, 0.2) is 36.7 Å². The number of amides is 1. The highest BCUT2D eigenvalue weighted by molar-refractivity contribution is 5.77. The highest BCUT2D eigenvalue weighted by Gasteiger charge is 2.29. The highest BCUT2D eigenvalue weighted by atomic mass is 19.1. The van der Waals surface area contributed by atoms with Gasteiger partial charge in [-0.05, 0) is 30.5 Å². The summed E-state index contributed by atoms with van der Waals surface area (Å²) < 4.78 is 15.1. The molecule has 1 aliphatic heterocycles. The van der Waals surface area contributed by atoms with Gasteiger partial charge in [-0.25, -0.2) is 9.37 Å². The number of hydrogen-bond acceptors (Lipinski definition) is 2. The van der Waals surface area contributed by atoms with Crippen LogP contribution >= 0.6 is 0 Å². The normalized spacial score (nSPS) is 17.7. The van der Waals surface area contributed by atoms with Gasteiger partial charge in [0.25, 0.3) is 0 Å². The molecule has 0 spiro atoms. The molecule has 0 bridgehead atoms. The third-order valence-electron chi connectivity index (χ3n) is 4.51. The third-order valence-corrected chi connectivity index (χ3v) is 4.51. The van der Waals surface area contributed by atoms with E-state index in [0.717, 1.165) is 37.2 Å². The van der Waals surface area contributed by atoms with Gasteiger partial charge >= 0.3 is 0 Å². The number of rotatable bonds is 5. The van der Waals surface area contributed by atoms with Crippen LogP contribution in [0.3, 0.4) is 0 Å². The van der Waals surface area contributed by atoms with Crippen LogP contribution < -0.4 is 0 Å². The summed E-state index contributed by atoms with van der Waals surface area (Å²) in [6.07, 6.45) is 6.99. The van der Waals surface area contributed by atoms with E-state index in [1.165, 1.54) is 12.1 Å². The number of aromatic nitrogens is 2. The molecule has 0 aliphatic carbocycles. The molecule has 1 aromatic carbocycles. The van der Waals surface area contributed by atoms with Crippen molar-refractivity contribution >= 4 is 5.91 Å². The van der Waals surface area contributed by atoms with Gasteiger partial charge in [0.15, 0.2) is 0 Å². The average Bonchev–Trinajstić information content (AvgIpc) is 3.22. The zero-order valence-electron chi connectivity index (χ0n) is 13.4. The smallest absolute Gasteiger partial charge is 0.224 e. The number of aryl methyl sites for hydroxylation is 2. The molecule has 0 radical (unpaired) electrons. The van der Waals surface area contributed by atoms with Gasteiger partial charge in [-0.1, -0.05) is 19.1 Å². The van der Waals surface area contributed by atoms with E-state index in [9.17, 15) is 9.18 Å². The van der Waals surface area contributed by atoms with Crippen molar-refractivity contribution in [3.8, 4) is 0 Å². The maximum atomic E-state index is 13.1. The van der Waals surface area contributed by atoms with E-state index in [1.807, 2.05) is 15.7 Å². The summed E-state index contributed by atoms with van der Waals surface area (Å²) in [6, 6.07) is 6.59. The van der Waals surface area contributed by atoms with Crippen molar-refractivity contribution in [2.75, 3.05) is 6.54 Å². The quantitative estimate of drug-likeness (QED) is 0.849. The van der Waals surface area contributed by atoms with Crippen molar-refractivity contribution in [2.45, 2.75) is 45.2 Å². The molecule has 3 rings (SSSR count). The van der Waals surface area contributed by atoms with E-state index in [-0.39, 0.29) is 17.8 Å². The Balaban J connectivity index is 1.65. The number of imidazole rings is 1. The Hall–Kier alpha value is -2.17. The molecule has 0 unspecified atom stereocenters. The Morgan fingerprint density at radius 2 is 2.13 bits per heavy atom. The Bertz CT molecular complexity index is 665. The molecule has 122 valence electrons. The zero-order chi connectivity index (χ0) is 16.2. The van der Waals surface area contributed by atoms with Crippen LogP contribution in [-0.2, 0) is 17.8 Å². The number of carbonyl (C=O) groups is 1. The first-order chi connectivity index (χ1) is 11.2. The predicted octanol–water partition coefficient (Wildman–Crippen LogP) is 3.34. The lowest BCUT2D eigenvalue weighted by Crippen LogP contribution is -2.31. The second kappa shape index (κ2) is 6.94. The maximum Gasteiger partial charge on any atom is 0.224 e. The van der Waals surface area contributed by atoms with E-state index in [1.54, 1.807) is 18.3 Å². The van der Waals surface area contributed by atoms with E-state index in [2.05, 4.69) is 11.9 Å². The third kappa shape index (κ3) is 3.44. The van der Waals surface area contributed by atoms with Crippen LogP contribution in [0.4, 0.5) is 4.39 Å². The fourth-order valence-electron chi connectivity index (χ4n) is 3.31. The monoisotopic (exact) mass is 315 g/mol. The number of nitrogens with zero attached hydrogens (tertiary/aromatic N) is 3. The van der Waals surface area contributed by atoms with Gasteiger partial charge in [0.05, 0.1) is 6.04 Å². The molecule has 1 atom stereocenters. The lowest BCUT2D eigenvalue weighted by molar-refractivity contribution is -0.132. The summed E-state index contributed by atoms with van der Waals surface area (Å²) in [4.78, 5) is 18.8. The topological polar surface area (TPSA) is 38.1 Å². The summed E-state index contributed by atoms with van der Waals surface area (Å²) in [5.74, 6) is 0.929. The molecule has 23 heavy (non-hydrogen) atoms. The second-order valence-electron chi connectivity index (χ2n) is 5.94. The minimum absolute atomic E-state index is 0.0801. The first kappa shape index (κ1) is 15.7. The lowest BCUT2D eigenvalue weighted by Gasteiger charge is -2.25. The molecule has 4 nitrogen and oxygen atoms in total. The lowest BCUT2D eigenvalue weighted by atomic mass is 10.0. The Kier molecular flexibility index (Phi) is 4.74. The van der Waals surface area contributed by atoms with Crippen molar-refractivity contribution in [3.05, 3.63) is 53.9 Å². The van der Waals surface area contributed by atoms with Gasteiger partial charge < -0.3 is 9.47 Å². The minimum Gasteiger partial charge on any atom is -0.336 e. The fourth-order valence-corrected chi connectivity index (χ4v) is 3.31. The van der Waals surface area contributed by atoms with Crippen LogP contribution in [0.25, 0.3) is 0 Å². The van der Waals surface area contributed by atoms with E-state index in [4.69, 9.17) is 0 Å². The molecule has 1 saturated heterocycles. The molecule has 0 saturated carbocycles. The highest BCUT2D eigenvalue weighted by Crippen LogP contribution is 2.32. The van der Waals surface area contributed by atoms with E-state index < -0.39 is 0 Å². The van der Waals surface area contributed by atoms with Gasteiger partial charge in [0.1, 0.15) is 11.6 Å². The summed E-state index contributed by atoms with van der Waals surface area (Å²) in [7, 11) is 0. The number of carbonyl (C=O) groups excluding carboxylic acids is 1. The van der Waals surface area contributed by atoms with Crippen molar-refractivity contribution in [1.29, 1.82) is 0 Å². The molecule has 1 aliphatic rings. The molecule has 1 amide bonds. The summed E-state index contributed by atoms with van der Waals surface area (Å²) in [5, 5.41) is 0. The van der Waals surface area contributed by atoms with Gasteiger partial charge in [-0.2, -0.15) is 0 Å². The fraction of sp³-hybridized carbons (Fsp3) is 0.444. The molecule has 2 heterocycles. The van der Waals surface area contributed by atoms with Crippen LogP contribution in [0, 0.1) is 5.82 Å². The van der Waals surface area contributed by atoms with Gasteiger partial charge in [0, 0.05) is 38.3 Å². The van der Waals surface area contributed by atoms with Gasteiger partial charge in [-0.15, -0.1) is 0 Å². The maximum absolute atomic E-state index is 13.1. The van der Waals surface area contributed by atoms with Crippen molar-refractivity contribution < 1.29 is 9.18 Å². The van der Waals surface area contributed by atoms with Crippen LogP contribution in [0.1, 0.15) is 43.6 Å². The summed E-state index contributed by atoms with van der Waals surface area (Å²) >= 11 is 0. The number of hydrogen-bond donors (Lipinski definition) is 0. The largest absolute Gasteiger partial charge is 0.336 e. The molecular formula is C18H22FN3O. The summed E-state index contributed by atoms with van der Waals surface area (Å²) in [6.45, 7) is 3.51. The molecular weight excluding hydrogens is 293 g/mol. The standard InChI is InChI=1S/C18H22FN3O/c1-2-17-20-10-13-21(17)12-9-18(23)22-11-3-4-16(22)14-5-7-15(19)8-6-14/h5-8,10,13,16H,2-4,9,11-12H2,1H3/t16-/m0/s1. The predicted molar refractivity (Wildman–Crippen MR) is 86.3 cm³/mol. The molecule has 2 aromatic rings. The Morgan fingerprint density at radius 1 is 1.35 bits per heavy atom. The first-order valence-electron chi connectivity index (χ1n) is 8.24. The SMILES string of the molecule is CCc1nccn1CCC(=O)N1CCC[C@H]1c1ccc(F)cc1. The summed E-state index contributed by atoms with van der Waals surface area (Å²) in [5.41, 5.74) is 1.02. The average molecular weight is 315 g/mol. The van der Waals surface area contributed by atoms with Crippen LogP contribution in [0.5, 0.6) is 0 Å². The molecule has 0 N–H and O–H groups in total. The van der Waals surface area contributed by atoms with Crippen molar-refractivity contribution in [3.63, 3.8) is 0 Å². The molecule has 1 aromatic heterocycles. The molecule has 5 heteroatoms. The van der Waals surface area contributed by atoms with E-state index in [0.29, 0.717) is 13.0 Å². The number of halogens is 1. The zero-order valence-corrected chi connectivity index (χ0v) is 13.4. The van der Waals surface area contributed by atoms with Gasteiger partial charge in [-0.3, -0.25) is 4.79 Å².